The molecule has 7 heteroatoms. The molecule has 0 bridgehead atoms. The molecule has 2 aromatic carbocycles. The number of halogens is 4. The number of hydrogen-bond donors (Lipinski definition) is 1. The highest BCUT2D eigenvalue weighted by Crippen LogP contribution is 2.18. The van der Waals surface area contributed by atoms with Gasteiger partial charge in [-0.05, 0) is 11.6 Å². The molecule has 0 aliphatic carbocycles. The van der Waals surface area contributed by atoms with Crippen LogP contribution in [0.2, 0.25) is 0 Å². The van der Waals surface area contributed by atoms with Gasteiger partial charge in [0, 0.05) is 0 Å². The molecule has 0 unspecified atom stereocenters. The van der Waals surface area contributed by atoms with Gasteiger partial charge >= 0.3 is 0 Å². The maximum Gasteiger partial charge on any atom is 0.278 e. The third-order valence-corrected chi connectivity index (χ3v) is 2.59. The van der Waals surface area contributed by atoms with Crippen LogP contribution in [-0.2, 0) is 11.4 Å². The minimum absolute atomic E-state index is 0.0274. The summed E-state index contributed by atoms with van der Waals surface area (Å²) in [7, 11) is 0. The number of hydrogen-bond acceptors (Lipinski definition) is 2. The highest BCUT2D eigenvalue weighted by molar-refractivity contribution is 5.93. The molecule has 1 N–H and O–H groups in total. The van der Waals surface area contributed by atoms with Crippen LogP contribution in [0.5, 0.6) is 0 Å². The van der Waals surface area contributed by atoms with Crippen molar-refractivity contribution in [1.29, 1.82) is 0 Å². The third-order valence-electron chi connectivity index (χ3n) is 2.59. The number of nitrogens with one attached hydrogen (secondary N) is 1. The molecule has 0 spiro atoms. The zero-order valence-electron chi connectivity index (χ0n) is 10.5. The van der Waals surface area contributed by atoms with Gasteiger partial charge in [-0.25, -0.2) is 23.0 Å². The van der Waals surface area contributed by atoms with E-state index in [9.17, 15) is 22.4 Å². The molecular formula is C14H9F4NO2. The Labute approximate surface area is 117 Å². The van der Waals surface area contributed by atoms with Crippen LogP contribution in [0.4, 0.5) is 17.6 Å². The Morgan fingerprint density at radius 3 is 2.33 bits per heavy atom. The third kappa shape index (κ3) is 3.38. The molecule has 0 saturated heterocycles. The van der Waals surface area contributed by atoms with Gasteiger partial charge in [-0.3, -0.25) is 9.63 Å². The van der Waals surface area contributed by atoms with Crippen molar-refractivity contribution in [3.05, 3.63) is 70.8 Å². The summed E-state index contributed by atoms with van der Waals surface area (Å²) in [5.41, 5.74) is 1.56. The summed E-state index contributed by atoms with van der Waals surface area (Å²) in [6, 6.07) is 8.94. The van der Waals surface area contributed by atoms with E-state index in [0.29, 0.717) is 0 Å². The van der Waals surface area contributed by atoms with Gasteiger partial charge in [0.1, 0.15) is 0 Å². The van der Waals surface area contributed by atoms with Crippen LogP contribution >= 0.6 is 0 Å². The van der Waals surface area contributed by atoms with Gasteiger partial charge in [0.2, 0.25) is 0 Å². The van der Waals surface area contributed by atoms with Gasteiger partial charge in [0.25, 0.3) is 5.91 Å². The van der Waals surface area contributed by atoms with E-state index in [1.54, 1.807) is 30.3 Å². The minimum Gasteiger partial charge on any atom is -0.269 e. The van der Waals surface area contributed by atoms with E-state index in [-0.39, 0.29) is 12.7 Å². The molecular weight excluding hydrogens is 290 g/mol. The highest BCUT2D eigenvalue weighted by atomic mass is 19.2. The maximum atomic E-state index is 13.3. The summed E-state index contributed by atoms with van der Waals surface area (Å²) in [4.78, 5) is 16.3. The van der Waals surface area contributed by atoms with E-state index in [0.717, 1.165) is 5.56 Å². The van der Waals surface area contributed by atoms with E-state index in [4.69, 9.17) is 4.84 Å². The first-order chi connectivity index (χ1) is 10.0. The Morgan fingerprint density at radius 2 is 1.67 bits per heavy atom. The molecule has 1 amide bonds. The molecule has 0 aliphatic rings. The fraction of sp³-hybridized carbons (Fsp3) is 0.0714. The highest BCUT2D eigenvalue weighted by Gasteiger charge is 2.23. The van der Waals surface area contributed by atoms with Gasteiger partial charge in [-0.2, -0.15) is 0 Å². The van der Waals surface area contributed by atoms with Crippen molar-refractivity contribution in [3.63, 3.8) is 0 Å². The number of carbonyl (C=O) groups is 1. The monoisotopic (exact) mass is 299 g/mol. The lowest BCUT2D eigenvalue weighted by molar-refractivity contribution is 0.0229. The summed E-state index contributed by atoms with van der Waals surface area (Å²) >= 11 is 0. The first-order valence-electron chi connectivity index (χ1n) is 5.79. The average Bonchev–Trinajstić information content (AvgIpc) is 2.49. The van der Waals surface area contributed by atoms with Crippen LogP contribution in [-0.4, -0.2) is 5.91 Å². The first-order valence-corrected chi connectivity index (χ1v) is 5.79. The Hall–Kier alpha value is -2.41. The zero-order valence-corrected chi connectivity index (χ0v) is 10.5. The van der Waals surface area contributed by atoms with Crippen LogP contribution < -0.4 is 5.48 Å². The summed E-state index contributed by atoms with van der Waals surface area (Å²) in [6.45, 7) is -0.0274. The summed E-state index contributed by atoms with van der Waals surface area (Å²) in [6.07, 6.45) is 0. The number of amides is 1. The second kappa shape index (κ2) is 6.36. The van der Waals surface area contributed by atoms with Gasteiger partial charge in [-0.15, -0.1) is 0 Å². The van der Waals surface area contributed by atoms with Gasteiger partial charge in [-0.1, -0.05) is 30.3 Å². The van der Waals surface area contributed by atoms with Crippen molar-refractivity contribution in [3.8, 4) is 0 Å². The molecule has 0 saturated carbocycles. The molecule has 21 heavy (non-hydrogen) atoms. The van der Waals surface area contributed by atoms with Gasteiger partial charge in [0.15, 0.2) is 23.3 Å². The number of hydroxylamine groups is 1. The molecule has 110 valence electrons. The van der Waals surface area contributed by atoms with Crippen LogP contribution in [0.25, 0.3) is 0 Å². The smallest absolute Gasteiger partial charge is 0.269 e. The van der Waals surface area contributed by atoms with Crippen molar-refractivity contribution in [2.75, 3.05) is 0 Å². The standard InChI is InChI=1S/C14H9F4NO2/c15-10-6-9(11(16)13(18)12(10)17)14(20)19-21-7-8-4-2-1-3-5-8/h1-6H,7H2,(H,19,20). The molecule has 2 rings (SSSR count). The molecule has 0 aromatic heterocycles. The van der Waals surface area contributed by atoms with Crippen molar-refractivity contribution < 1.29 is 27.2 Å². The lowest BCUT2D eigenvalue weighted by Gasteiger charge is -2.08. The van der Waals surface area contributed by atoms with E-state index in [1.807, 2.05) is 5.48 Å². The topological polar surface area (TPSA) is 38.3 Å². The Bertz CT molecular complexity index is 662. The van der Waals surface area contributed by atoms with Crippen LogP contribution in [0, 0.1) is 23.3 Å². The first kappa shape index (κ1) is 15.0. The molecule has 3 nitrogen and oxygen atoms in total. The minimum atomic E-state index is -2.05. The summed E-state index contributed by atoms with van der Waals surface area (Å²) in [5, 5.41) is 0. The molecule has 2 aromatic rings. The Balaban J connectivity index is 2.04. The number of rotatable bonds is 4. The second-order valence-electron chi connectivity index (χ2n) is 4.05. The van der Waals surface area contributed by atoms with Crippen molar-refractivity contribution in [2.45, 2.75) is 6.61 Å². The predicted octanol–water partition coefficient (Wildman–Crippen LogP) is 3.10. The fourth-order valence-electron chi connectivity index (χ4n) is 1.55. The normalized spacial score (nSPS) is 10.5. The van der Waals surface area contributed by atoms with E-state index < -0.39 is 34.7 Å². The maximum absolute atomic E-state index is 13.3. The number of benzene rings is 2. The predicted molar refractivity (Wildman–Crippen MR) is 65.0 cm³/mol. The van der Waals surface area contributed by atoms with Crippen LogP contribution in [0.1, 0.15) is 15.9 Å². The SMILES string of the molecule is O=C(NOCc1ccccc1)c1cc(F)c(F)c(F)c1F. The quantitative estimate of drug-likeness (QED) is 0.408. The van der Waals surface area contributed by atoms with Gasteiger partial charge in [0.05, 0.1) is 12.2 Å². The average molecular weight is 299 g/mol. The molecule has 0 aliphatic heterocycles. The van der Waals surface area contributed by atoms with E-state index >= 15 is 0 Å². The van der Waals surface area contributed by atoms with Crippen molar-refractivity contribution in [2.24, 2.45) is 0 Å². The molecule has 0 heterocycles. The Morgan fingerprint density at radius 1 is 1.00 bits per heavy atom. The van der Waals surface area contributed by atoms with Crippen LogP contribution in [0.15, 0.2) is 36.4 Å². The Kier molecular flexibility index (Phi) is 4.54. The second-order valence-corrected chi connectivity index (χ2v) is 4.05. The molecule has 0 fully saturated rings. The lowest BCUT2D eigenvalue weighted by atomic mass is 10.2. The molecule has 0 atom stereocenters. The largest absolute Gasteiger partial charge is 0.278 e. The molecule has 0 radical (unpaired) electrons. The van der Waals surface area contributed by atoms with Crippen LogP contribution in [0.3, 0.4) is 0 Å². The van der Waals surface area contributed by atoms with E-state index in [1.165, 1.54) is 0 Å². The van der Waals surface area contributed by atoms with E-state index in [2.05, 4.69) is 0 Å². The zero-order chi connectivity index (χ0) is 15.4. The lowest BCUT2D eigenvalue weighted by Crippen LogP contribution is -2.25. The van der Waals surface area contributed by atoms with Crippen molar-refractivity contribution >= 4 is 5.91 Å². The van der Waals surface area contributed by atoms with Crippen molar-refractivity contribution in [1.82, 2.24) is 5.48 Å². The number of carbonyl (C=O) groups excluding carboxylic acids is 1. The fourth-order valence-corrected chi connectivity index (χ4v) is 1.55. The summed E-state index contributed by atoms with van der Waals surface area (Å²) < 4.78 is 52.1. The summed E-state index contributed by atoms with van der Waals surface area (Å²) in [5.74, 6) is -8.70. The van der Waals surface area contributed by atoms with Gasteiger partial charge < -0.3 is 0 Å².